The first-order chi connectivity index (χ1) is 4.66. The average molecular weight is 146 g/mol. The number of carbonyl (C=O) groups is 3. The van der Waals surface area contributed by atoms with Gasteiger partial charge in [-0.3, -0.25) is 14.4 Å². The summed E-state index contributed by atoms with van der Waals surface area (Å²) in [6.45, 7) is -0.0236. The molecule has 0 fully saturated rings. The van der Waals surface area contributed by atoms with E-state index >= 15 is 0 Å². The van der Waals surface area contributed by atoms with E-state index in [1.54, 1.807) is 0 Å². The molecule has 0 amide bonds. The molecule has 5 nitrogen and oxygen atoms in total. The van der Waals surface area contributed by atoms with Crippen molar-refractivity contribution in [3.8, 4) is 0 Å². The van der Waals surface area contributed by atoms with Crippen molar-refractivity contribution in [3.63, 3.8) is 0 Å². The predicted molar refractivity (Wildman–Crippen MR) is 29.0 cm³/mol. The maximum Gasteiger partial charge on any atom is 0.313 e. The molecule has 0 aliphatic rings. The van der Waals surface area contributed by atoms with Gasteiger partial charge in [-0.05, 0) is 0 Å². The second-order valence-electron chi connectivity index (χ2n) is 1.48. The second kappa shape index (κ2) is 4.49. The number of carboxylic acid groups (broad SMARTS) is 1. The van der Waals surface area contributed by atoms with Crippen molar-refractivity contribution in [1.29, 1.82) is 0 Å². The Labute approximate surface area is 56.6 Å². The van der Waals surface area contributed by atoms with Crippen LogP contribution >= 0.6 is 0 Å². The average Bonchev–Trinajstić information content (AvgIpc) is 1.85. The summed E-state index contributed by atoms with van der Waals surface area (Å²) in [5.74, 6) is -1.92. The van der Waals surface area contributed by atoms with E-state index in [1.165, 1.54) is 0 Å². The number of carboxylic acids is 1. The summed E-state index contributed by atoms with van der Waals surface area (Å²) in [6, 6.07) is 0. The number of ether oxygens (including phenoxy) is 1. The number of hydrogen-bond donors (Lipinski definition) is 1. The predicted octanol–water partition coefficient (Wildman–Crippen LogP) is -0.449. The molecule has 0 atom stereocenters. The Kier molecular flexibility index (Phi) is 3.86. The van der Waals surface area contributed by atoms with Crippen molar-refractivity contribution in [2.75, 3.05) is 0 Å². The molecule has 0 aliphatic heterocycles. The first-order valence-corrected chi connectivity index (χ1v) is 2.51. The monoisotopic (exact) mass is 146 g/mol. The SMILES string of the molecule is O=COC(=O)CCC(=O)O. The summed E-state index contributed by atoms with van der Waals surface area (Å²) in [5.41, 5.74) is 0. The van der Waals surface area contributed by atoms with Crippen LogP contribution in [-0.4, -0.2) is 23.5 Å². The van der Waals surface area contributed by atoms with Crippen LogP contribution < -0.4 is 0 Å². The highest BCUT2D eigenvalue weighted by Gasteiger charge is 2.04. The van der Waals surface area contributed by atoms with E-state index < -0.39 is 11.9 Å². The zero-order valence-electron chi connectivity index (χ0n) is 5.07. The lowest BCUT2D eigenvalue weighted by molar-refractivity contribution is -0.153. The summed E-state index contributed by atoms with van der Waals surface area (Å²) in [6.07, 6.45) is -0.583. The zero-order chi connectivity index (χ0) is 7.98. The molecule has 0 aliphatic carbocycles. The lowest BCUT2D eigenvalue weighted by Gasteiger charge is -1.91. The molecule has 0 spiro atoms. The highest BCUT2D eigenvalue weighted by Crippen LogP contribution is 1.90. The quantitative estimate of drug-likeness (QED) is 0.330. The van der Waals surface area contributed by atoms with Gasteiger partial charge in [-0.1, -0.05) is 0 Å². The van der Waals surface area contributed by atoms with Gasteiger partial charge in [-0.2, -0.15) is 0 Å². The Morgan fingerprint density at radius 1 is 1.40 bits per heavy atom. The van der Waals surface area contributed by atoms with Gasteiger partial charge in [0, 0.05) is 0 Å². The van der Waals surface area contributed by atoms with Crippen LogP contribution in [0.3, 0.4) is 0 Å². The van der Waals surface area contributed by atoms with Crippen LogP contribution in [0.2, 0.25) is 0 Å². The fraction of sp³-hybridized carbons (Fsp3) is 0.400. The maximum absolute atomic E-state index is 10.2. The van der Waals surface area contributed by atoms with Crippen LogP contribution in [0, 0.1) is 0 Å². The van der Waals surface area contributed by atoms with Crippen LogP contribution in [0.25, 0.3) is 0 Å². The van der Waals surface area contributed by atoms with E-state index in [0.29, 0.717) is 0 Å². The molecule has 0 aromatic rings. The lowest BCUT2D eigenvalue weighted by atomic mass is 10.3. The molecule has 0 radical (unpaired) electrons. The maximum atomic E-state index is 10.2. The third-order valence-corrected chi connectivity index (χ3v) is 0.723. The van der Waals surface area contributed by atoms with Gasteiger partial charge >= 0.3 is 18.4 Å². The van der Waals surface area contributed by atoms with E-state index in [2.05, 4.69) is 4.74 Å². The molecular weight excluding hydrogens is 140 g/mol. The van der Waals surface area contributed by atoms with E-state index in [4.69, 9.17) is 5.11 Å². The van der Waals surface area contributed by atoms with Crippen LogP contribution in [0.5, 0.6) is 0 Å². The summed E-state index contributed by atoms with van der Waals surface area (Å²) >= 11 is 0. The van der Waals surface area contributed by atoms with Gasteiger partial charge in [0.25, 0.3) is 0 Å². The summed E-state index contributed by atoms with van der Waals surface area (Å²) in [5, 5.41) is 8.03. The van der Waals surface area contributed by atoms with Gasteiger partial charge in [0.15, 0.2) is 0 Å². The Bertz CT molecular complexity index is 150. The molecule has 0 aromatic carbocycles. The van der Waals surface area contributed by atoms with Crippen molar-refractivity contribution in [2.45, 2.75) is 12.8 Å². The molecule has 0 aromatic heterocycles. The van der Waals surface area contributed by atoms with Crippen molar-refractivity contribution in [2.24, 2.45) is 0 Å². The molecule has 0 saturated heterocycles. The minimum absolute atomic E-state index is 0.0236. The van der Waals surface area contributed by atoms with Gasteiger partial charge < -0.3 is 9.84 Å². The normalized spacial score (nSPS) is 8.40. The van der Waals surface area contributed by atoms with Crippen LogP contribution in [0.1, 0.15) is 12.8 Å². The van der Waals surface area contributed by atoms with Crippen molar-refractivity contribution < 1.29 is 24.2 Å². The minimum atomic E-state index is -1.09. The third kappa shape index (κ3) is 4.76. The molecule has 0 heterocycles. The smallest absolute Gasteiger partial charge is 0.313 e. The lowest BCUT2D eigenvalue weighted by Crippen LogP contribution is -2.05. The Hall–Kier alpha value is -1.39. The van der Waals surface area contributed by atoms with E-state index in [-0.39, 0.29) is 19.3 Å². The Morgan fingerprint density at radius 2 is 2.00 bits per heavy atom. The molecule has 56 valence electrons. The van der Waals surface area contributed by atoms with Crippen molar-refractivity contribution >= 4 is 18.4 Å². The second-order valence-corrected chi connectivity index (χ2v) is 1.48. The zero-order valence-corrected chi connectivity index (χ0v) is 5.07. The molecule has 0 bridgehead atoms. The highest BCUT2D eigenvalue weighted by atomic mass is 16.6. The standard InChI is InChI=1S/C5H6O5/c6-3-10-5(9)2-1-4(7)8/h3H,1-2H2,(H,7,8). The number of aliphatic carboxylic acids is 1. The van der Waals surface area contributed by atoms with Crippen molar-refractivity contribution in [3.05, 3.63) is 0 Å². The van der Waals surface area contributed by atoms with E-state index in [9.17, 15) is 14.4 Å². The van der Waals surface area contributed by atoms with Gasteiger partial charge in [0.05, 0.1) is 12.8 Å². The molecular formula is C5H6O5. The molecule has 5 heteroatoms. The first-order valence-electron chi connectivity index (χ1n) is 2.51. The summed E-state index contributed by atoms with van der Waals surface area (Å²) in [4.78, 5) is 29.5. The third-order valence-electron chi connectivity index (χ3n) is 0.723. The number of esters is 1. The number of carbonyl (C=O) groups excluding carboxylic acids is 2. The van der Waals surface area contributed by atoms with Gasteiger partial charge in [-0.25, -0.2) is 0 Å². The van der Waals surface area contributed by atoms with Gasteiger partial charge in [0.1, 0.15) is 0 Å². The Morgan fingerprint density at radius 3 is 2.40 bits per heavy atom. The Balaban J connectivity index is 3.39. The largest absolute Gasteiger partial charge is 0.481 e. The fourth-order valence-corrected chi connectivity index (χ4v) is 0.322. The summed E-state index contributed by atoms with van der Waals surface area (Å²) < 4.78 is 3.81. The van der Waals surface area contributed by atoms with Crippen LogP contribution in [0.4, 0.5) is 0 Å². The van der Waals surface area contributed by atoms with Crippen LogP contribution in [-0.2, 0) is 19.1 Å². The first kappa shape index (κ1) is 8.61. The number of rotatable bonds is 4. The molecule has 0 saturated carbocycles. The van der Waals surface area contributed by atoms with Crippen molar-refractivity contribution in [1.82, 2.24) is 0 Å². The fourth-order valence-electron chi connectivity index (χ4n) is 0.322. The molecule has 0 rings (SSSR count). The van der Waals surface area contributed by atoms with Crippen LogP contribution in [0.15, 0.2) is 0 Å². The molecule has 1 N–H and O–H groups in total. The topological polar surface area (TPSA) is 80.7 Å². The highest BCUT2D eigenvalue weighted by molar-refractivity contribution is 5.80. The van der Waals surface area contributed by atoms with E-state index in [1.807, 2.05) is 0 Å². The summed E-state index contributed by atoms with van der Waals surface area (Å²) in [7, 11) is 0. The molecule has 0 unspecified atom stereocenters. The minimum Gasteiger partial charge on any atom is -0.481 e. The van der Waals surface area contributed by atoms with Gasteiger partial charge in [0.2, 0.25) is 0 Å². The molecule has 10 heavy (non-hydrogen) atoms. The van der Waals surface area contributed by atoms with Gasteiger partial charge in [-0.15, -0.1) is 0 Å². The number of hydrogen-bond acceptors (Lipinski definition) is 4. The van der Waals surface area contributed by atoms with E-state index in [0.717, 1.165) is 0 Å².